The van der Waals surface area contributed by atoms with Gasteiger partial charge < -0.3 is 20.4 Å². The fourth-order valence-electron chi connectivity index (χ4n) is 3.88. The van der Waals surface area contributed by atoms with Crippen molar-refractivity contribution in [1.29, 1.82) is 0 Å². The van der Waals surface area contributed by atoms with E-state index in [2.05, 4.69) is 82.0 Å². The van der Waals surface area contributed by atoms with E-state index >= 15 is 0 Å². The van der Waals surface area contributed by atoms with Gasteiger partial charge in [0.15, 0.2) is 5.96 Å². The average Bonchev–Trinajstić information content (AvgIpc) is 3.13. The predicted octanol–water partition coefficient (Wildman–Crippen LogP) is 2.78. The molecular weight excluding hydrogens is 489 g/mol. The Labute approximate surface area is 197 Å². The third-order valence-corrected chi connectivity index (χ3v) is 5.58. The molecule has 2 atom stereocenters. The summed E-state index contributed by atoms with van der Waals surface area (Å²) in [4.78, 5) is 9.13. The van der Waals surface area contributed by atoms with E-state index in [-0.39, 0.29) is 30.0 Å². The summed E-state index contributed by atoms with van der Waals surface area (Å²) >= 11 is 0. The third kappa shape index (κ3) is 6.60. The number of nitrogens with zero attached hydrogens (tertiary/aromatic N) is 5. The van der Waals surface area contributed by atoms with Crippen LogP contribution in [0, 0.1) is 6.92 Å². The van der Waals surface area contributed by atoms with Gasteiger partial charge in [0.25, 0.3) is 0 Å². The number of piperidine rings is 1. The number of anilines is 1. The van der Waals surface area contributed by atoms with Crippen LogP contribution in [-0.2, 0) is 7.05 Å². The largest absolute Gasteiger partial charge is 0.369 e. The van der Waals surface area contributed by atoms with Gasteiger partial charge in [-0.1, -0.05) is 17.7 Å². The van der Waals surface area contributed by atoms with Gasteiger partial charge in [0.2, 0.25) is 0 Å². The molecule has 0 radical (unpaired) electrons. The van der Waals surface area contributed by atoms with Crippen LogP contribution in [0.2, 0.25) is 0 Å². The molecule has 166 valence electrons. The Balaban J connectivity index is 0.00000320. The molecular formula is C22H36IN7. The van der Waals surface area contributed by atoms with Crippen molar-refractivity contribution < 1.29 is 0 Å². The highest BCUT2D eigenvalue weighted by molar-refractivity contribution is 14.0. The van der Waals surface area contributed by atoms with Crippen molar-refractivity contribution in [3.63, 3.8) is 0 Å². The Kier molecular flexibility index (Phi) is 9.41. The maximum absolute atomic E-state index is 4.46. The molecule has 0 saturated carbocycles. The Morgan fingerprint density at radius 1 is 1.30 bits per heavy atom. The number of nitrogens with one attached hydrogen (secondary N) is 2. The molecule has 3 rings (SSSR count). The molecule has 30 heavy (non-hydrogen) atoms. The van der Waals surface area contributed by atoms with Gasteiger partial charge in [-0.3, -0.25) is 9.67 Å². The Morgan fingerprint density at radius 3 is 2.63 bits per heavy atom. The number of benzene rings is 1. The van der Waals surface area contributed by atoms with Crippen molar-refractivity contribution in [3.05, 3.63) is 47.8 Å². The molecule has 0 amide bonds. The van der Waals surface area contributed by atoms with E-state index in [9.17, 15) is 0 Å². The second-order valence-corrected chi connectivity index (χ2v) is 8.14. The summed E-state index contributed by atoms with van der Waals surface area (Å²) in [5.41, 5.74) is 3.80. The summed E-state index contributed by atoms with van der Waals surface area (Å²) < 4.78 is 1.85. The maximum atomic E-state index is 4.46. The zero-order valence-electron chi connectivity index (χ0n) is 18.8. The standard InChI is InChI=1S/C22H35N7.HI/c1-17-8-10-20(11-9-17)29-12-6-7-19(16-29)26-22(23-2)24-14-21(27(3)4)18-13-25-28(5)15-18;/h8-11,13,15,19,21H,6-7,12,14,16H2,1-5H3,(H2,23,24,26);1H. The summed E-state index contributed by atoms with van der Waals surface area (Å²) in [6.45, 7) is 5.00. The van der Waals surface area contributed by atoms with Gasteiger partial charge in [-0.2, -0.15) is 5.10 Å². The smallest absolute Gasteiger partial charge is 0.191 e. The van der Waals surface area contributed by atoms with E-state index in [1.165, 1.54) is 23.2 Å². The monoisotopic (exact) mass is 525 g/mol. The molecule has 1 aromatic carbocycles. The summed E-state index contributed by atoms with van der Waals surface area (Å²) in [5, 5.41) is 11.4. The highest BCUT2D eigenvalue weighted by Gasteiger charge is 2.22. The molecule has 0 bridgehead atoms. The van der Waals surface area contributed by atoms with Crippen molar-refractivity contribution in [2.24, 2.45) is 12.0 Å². The molecule has 1 aliphatic rings. The van der Waals surface area contributed by atoms with E-state index in [4.69, 9.17) is 0 Å². The molecule has 8 heteroatoms. The zero-order chi connectivity index (χ0) is 20.8. The van der Waals surface area contributed by atoms with Crippen LogP contribution in [0.5, 0.6) is 0 Å². The number of likely N-dealkylation sites (N-methyl/N-ethyl adjacent to an activating group) is 1. The summed E-state index contributed by atoms with van der Waals surface area (Å²) in [6, 6.07) is 9.44. The second kappa shape index (κ2) is 11.5. The number of aliphatic imine (C=N–C) groups is 1. The molecule has 2 heterocycles. The van der Waals surface area contributed by atoms with Crippen LogP contribution < -0.4 is 15.5 Å². The lowest BCUT2D eigenvalue weighted by atomic mass is 10.0. The van der Waals surface area contributed by atoms with Crippen molar-refractivity contribution >= 4 is 35.6 Å². The molecule has 1 aliphatic heterocycles. The average molecular weight is 525 g/mol. The van der Waals surface area contributed by atoms with Crippen molar-refractivity contribution in [1.82, 2.24) is 25.3 Å². The van der Waals surface area contributed by atoms with Gasteiger partial charge in [0.1, 0.15) is 0 Å². The zero-order valence-corrected chi connectivity index (χ0v) is 21.1. The summed E-state index contributed by atoms with van der Waals surface area (Å²) in [5.74, 6) is 0.858. The SMILES string of the molecule is CN=C(NCC(c1cnn(C)c1)N(C)C)NC1CCCN(c2ccc(C)cc2)C1.I. The molecule has 2 aromatic rings. The topological polar surface area (TPSA) is 60.7 Å². The van der Waals surface area contributed by atoms with Gasteiger partial charge in [-0.15, -0.1) is 24.0 Å². The number of hydrogen-bond donors (Lipinski definition) is 2. The predicted molar refractivity (Wildman–Crippen MR) is 136 cm³/mol. The molecule has 1 saturated heterocycles. The fourth-order valence-corrected chi connectivity index (χ4v) is 3.88. The molecule has 1 aromatic heterocycles. The van der Waals surface area contributed by atoms with Gasteiger partial charge >= 0.3 is 0 Å². The first kappa shape index (κ1) is 24.5. The summed E-state index contributed by atoms with van der Waals surface area (Å²) in [6.07, 6.45) is 6.34. The van der Waals surface area contributed by atoms with Crippen molar-refractivity contribution in [3.8, 4) is 0 Å². The van der Waals surface area contributed by atoms with E-state index in [0.29, 0.717) is 6.04 Å². The number of guanidine groups is 1. The Hall–Kier alpha value is -1.81. The van der Waals surface area contributed by atoms with Gasteiger partial charge in [-0.05, 0) is 46.0 Å². The quantitative estimate of drug-likeness (QED) is 0.345. The molecule has 2 unspecified atom stereocenters. The Bertz CT molecular complexity index is 800. The van der Waals surface area contributed by atoms with Gasteiger partial charge in [0, 0.05) is 57.2 Å². The highest BCUT2D eigenvalue weighted by Crippen LogP contribution is 2.20. The first-order valence-corrected chi connectivity index (χ1v) is 10.4. The van der Waals surface area contributed by atoms with E-state index in [1.54, 1.807) is 0 Å². The van der Waals surface area contributed by atoms with Crippen LogP contribution in [0.4, 0.5) is 5.69 Å². The fraction of sp³-hybridized carbons (Fsp3) is 0.545. The normalized spacial score (nSPS) is 18.1. The highest BCUT2D eigenvalue weighted by atomic mass is 127. The minimum absolute atomic E-state index is 0. The van der Waals surface area contributed by atoms with Crippen molar-refractivity contribution in [2.75, 3.05) is 45.7 Å². The minimum Gasteiger partial charge on any atom is -0.369 e. The van der Waals surface area contributed by atoms with Crippen LogP contribution in [0.1, 0.15) is 30.0 Å². The first-order valence-electron chi connectivity index (χ1n) is 10.4. The van der Waals surface area contributed by atoms with E-state index in [0.717, 1.165) is 32.0 Å². The molecule has 2 N–H and O–H groups in total. The number of halogens is 1. The van der Waals surface area contributed by atoms with Gasteiger partial charge in [-0.25, -0.2) is 0 Å². The van der Waals surface area contributed by atoms with Crippen LogP contribution in [0.25, 0.3) is 0 Å². The van der Waals surface area contributed by atoms with Crippen molar-refractivity contribution in [2.45, 2.75) is 31.8 Å². The van der Waals surface area contributed by atoms with E-state index < -0.39 is 0 Å². The van der Waals surface area contributed by atoms with Crippen LogP contribution in [-0.4, -0.2) is 67.5 Å². The van der Waals surface area contributed by atoms with Crippen LogP contribution >= 0.6 is 24.0 Å². The minimum atomic E-state index is 0. The van der Waals surface area contributed by atoms with Crippen LogP contribution in [0.3, 0.4) is 0 Å². The Morgan fingerprint density at radius 2 is 2.03 bits per heavy atom. The maximum Gasteiger partial charge on any atom is 0.191 e. The van der Waals surface area contributed by atoms with Gasteiger partial charge in [0.05, 0.1) is 12.2 Å². The lowest BCUT2D eigenvalue weighted by Crippen LogP contribution is -2.52. The molecule has 1 fully saturated rings. The second-order valence-electron chi connectivity index (χ2n) is 8.14. The molecule has 7 nitrogen and oxygen atoms in total. The number of aryl methyl sites for hydroxylation is 2. The number of rotatable bonds is 6. The van der Waals surface area contributed by atoms with Crippen LogP contribution in [0.15, 0.2) is 41.7 Å². The number of hydrogen-bond acceptors (Lipinski definition) is 4. The lowest BCUT2D eigenvalue weighted by molar-refractivity contribution is 0.297. The molecule has 0 aliphatic carbocycles. The molecule has 0 spiro atoms. The lowest BCUT2D eigenvalue weighted by Gasteiger charge is -2.35. The first-order chi connectivity index (χ1) is 14.0. The summed E-state index contributed by atoms with van der Waals surface area (Å²) in [7, 11) is 7.98. The van der Waals surface area contributed by atoms with E-state index in [1.807, 2.05) is 25.0 Å². The number of aromatic nitrogens is 2. The third-order valence-electron chi connectivity index (χ3n) is 5.58.